The van der Waals surface area contributed by atoms with Gasteiger partial charge in [0.1, 0.15) is 11.7 Å². The van der Waals surface area contributed by atoms with E-state index < -0.39 is 5.82 Å². The lowest BCUT2D eigenvalue weighted by molar-refractivity contribution is 0.0709. The molecule has 0 saturated carbocycles. The Hall–Kier alpha value is -1.63. The second kappa shape index (κ2) is 7.23. The number of nitrogens with zero attached hydrogens (tertiary/aromatic N) is 2. The van der Waals surface area contributed by atoms with Crippen molar-refractivity contribution >= 4 is 27.7 Å². The first kappa shape index (κ1) is 16.4. The van der Waals surface area contributed by atoms with Gasteiger partial charge in [-0.1, -0.05) is 5.16 Å². The number of benzene rings is 1. The molecule has 0 atom stereocenters. The van der Waals surface area contributed by atoms with Crippen molar-refractivity contribution < 1.29 is 14.4 Å². The van der Waals surface area contributed by atoms with E-state index in [0.29, 0.717) is 4.47 Å². The van der Waals surface area contributed by atoms with E-state index >= 15 is 0 Å². The Balaban J connectivity index is 2.97. The topological polar surface area (TPSA) is 78.9 Å². The molecule has 1 aromatic carbocycles. The molecule has 0 saturated heterocycles. The highest BCUT2D eigenvalue weighted by molar-refractivity contribution is 9.10. The van der Waals surface area contributed by atoms with Gasteiger partial charge in [0.15, 0.2) is 0 Å². The van der Waals surface area contributed by atoms with Crippen LogP contribution in [-0.4, -0.2) is 34.4 Å². The molecule has 0 aliphatic carbocycles. The summed E-state index contributed by atoms with van der Waals surface area (Å²) in [7, 11) is 0. The molecule has 0 fully saturated rings. The molecule has 5 nitrogen and oxygen atoms in total. The molecule has 1 rings (SSSR count). The first-order valence-corrected chi connectivity index (χ1v) is 6.88. The standard InChI is InChI=1S/C13H17BrFN3O2/c1-8(2)18(6-5-12(16)17-20)13(19)10-7-9(15)3-4-11(10)14/h3-4,7-8,20H,5-6H2,1-2H3,(H2,16,17). The van der Waals surface area contributed by atoms with E-state index in [1.807, 2.05) is 13.8 Å². The first-order valence-electron chi connectivity index (χ1n) is 6.09. The zero-order chi connectivity index (χ0) is 15.3. The van der Waals surface area contributed by atoms with Crippen molar-refractivity contribution in [1.29, 1.82) is 0 Å². The summed E-state index contributed by atoms with van der Waals surface area (Å²) < 4.78 is 13.8. The van der Waals surface area contributed by atoms with Crippen LogP contribution in [0.1, 0.15) is 30.6 Å². The van der Waals surface area contributed by atoms with Gasteiger partial charge in [0.05, 0.1) is 5.56 Å². The Bertz CT molecular complexity index is 520. The number of carbonyl (C=O) groups is 1. The molecule has 0 radical (unpaired) electrons. The van der Waals surface area contributed by atoms with Crippen molar-refractivity contribution in [3.8, 4) is 0 Å². The van der Waals surface area contributed by atoms with Gasteiger partial charge in [0.25, 0.3) is 5.91 Å². The predicted molar refractivity (Wildman–Crippen MR) is 78.3 cm³/mol. The van der Waals surface area contributed by atoms with Crippen LogP contribution in [0.25, 0.3) is 0 Å². The van der Waals surface area contributed by atoms with Crippen LogP contribution in [0, 0.1) is 5.82 Å². The summed E-state index contributed by atoms with van der Waals surface area (Å²) in [6.45, 7) is 3.98. The van der Waals surface area contributed by atoms with Crippen molar-refractivity contribution in [3.05, 3.63) is 34.1 Å². The molecule has 0 bridgehead atoms. The first-order chi connectivity index (χ1) is 9.36. The summed E-state index contributed by atoms with van der Waals surface area (Å²) in [5, 5.41) is 11.4. The third kappa shape index (κ3) is 4.19. The minimum atomic E-state index is -0.475. The highest BCUT2D eigenvalue weighted by Gasteiger charge is 2.21. The van der Waals surface area contributed by atoms with E-state index in [4.69, 9.17) is 10.9 Å². The SMILES string of the molecule is CC(C)N(CCC(N)=NO)C(=O)c1cc(F)ccc1Br. The molecule has 0 aromatic heterocycles. The third-order valence-corrected chi connectivity index (χ3v) is 3.47. The van der Waals surface area contributed by atoms with Crippen molar-refractivity contribution in [2.45, 2.75) is 26.3 Å². The fourth-order valence-electron chi connectivity index (χ4n) is 1.70. The number of nitrogens with two attached hydrogens (primary N) is 1. The molecular weight excluding hydrogens is 329 g/mol. The zero-order valence-corrected chi connectivity index (χ0v) is 12.9. The molecule has 20 heavy (non-hydrogen) atoms. The van der Waals surface area contributed by atoms with Crippen molar-refractivity contribution in [2.24, 2.45) is 10.9 Å². The lowest BCUT2D eigenvalue weighted by atomic mass is 10.1. The summed E-state index contributed by atoms with van der Waals surface area (Å²) in [5.41, 5.74) is 5.66. The molecule has 0 aliphatic heterocycles. The maximum atomic E-state index is 13.3. The average Bonchev–Trinajstić information content (AvgIpc) is 2.40. The molecular formula is C13H17BrFN3O2. The van der Waals surface area contributed by atoms with Crippen LogP contribution in [0.2, 0.25) is 0 Å². The quantitative estimate of drug-likeness (QED) is 0.372. The lowest BCUT2D eigenvalue weighted by Gasteiger charge is -2.27. The molecule has 110 valence electrons. The fourth-order valence-corrected chi connectivity index (χ4v) is 2.11. The van der Waals surface area contributed by atoms with Gasteiger partial charge in [-0.2, -0.15) is 0 Å². The number of halogens is 2. The number of hydrogen-bond donors (Lipinski definition) is 2. The summed E-state index contributed by atoms with van der Waals surface area (Å²) in [6, 6.07) is 3.86. The summed E-state index contributed by atoms with van der Waals surface area (Å²) in [6.07, 6.45) is 0.243. The number of hydrogen-bond acceptors (Lipinski definition) is 3. The van der Waals surface area contributed by atoms with Gasteiger partial charge in [-0.25, -0.2) is 4.39 Å². The van der Waals surface area contributed by atoms with Crippen LogP contribution in [0.3, 0.4) is 0 Å². The van der Waals surface area contributed by atoms with E-state index in [2.05, 4.69) is 21.1 Å². The van der Waals surface area contributed by atoms with Crippen molar-refractivity contribution in [2.75, 3.05) is 6.54 Å². The highest BCUT2D eigenvalue weighted by atomic mass is 79.9. The molecule has 3 N–H and O–H groups in total. The smallest absolute Gasteiger partial charge is 0.255 e. The largest absolute Gasteiger partial charge is 0.409 e. The number of amidine groups is 1. The lowest BCUT2D eigenvalue weighted by Crippen LogP contribution is -2.39. The van der Waals surface area contributed by atoms with Crippen LogP contribution in [-0.2, 0) is 0 Å². The fraction of sp³-hybridized carbons (Fsp3) is 0.385. The van der Waals surface area contributed by atoms with Crippen LogP contribution in [0.15, 0.2) is 27.8 Å². The van der Waals surface area contributed by atoms with Gasteiger partial charge in [-0.15, -0.1) is 0 Å². The Morgan fingerprint density at radius 3 is 2.75 bits per heavy atom. The second-order valence-corrected chi connectivity index (χ2v) is 5.41. The van der Waals surface area contributed by atoms with E-state index in [1.165, 1.54) is 23.1 Å². The maximum absolute atomic E-state index is 13.3. The van der Waals surface area contributed by atoms with E-state index in [1.54, 1.807) is 0 Å². The molecule has 0 aliphatic rings. The molecule has 0 unspecified atom stereocenters. The maximum Gasteiger partial charge on any atom is 0.255 e. The van der Waals surface area contributed by atoms with Crippen LogP contribution >= 0.6 is 15.9 Å². The summed E-state index contributed by atoms with van der Waals surface area (Å²) >= 11 is 3.24. The molecule has 0 spiro atoms. The second-order valence-electron chi connectivity index (χ2n) is 4.56. The van der Waals surface area contributed by atoms with Crippen molar-refractivity contribution in [1.82, 2.24) is 4.90 Å². The van der Waals surface area contributed by atoms with Gasteiger partial charge in [-0.05, 0) is 48.0 Å². The average molecular weight is 346 g/mol. The Morgan fingerprint density at radius 1 is 1.55 bits per heavy atom. The molecule has 1 amide bonds. The van der Waals surface area contributed by atoms with Gasteiger partial charge in [-0.3, -0.25) is 4.79 Å². The van der Waals surface area contributed by atoms with Gasteiger partial charge in [0, 0.05) is 23.5 Å². The molecule has 7 heteroatoms. The molecule has 0 heterocycles. The summed E-state index contributed by atoms with van der Waals surface area (Å²) in [5.74, 6) is -0.740. The Kier molecular flexibility index (Phi) is 5.94. The third-order valence-electron chi connectivity index (χ3n) is 2.78. The van der Waals surface area contributed by atoms with E-state index in [0.717, 1.165) is 0 Å². The number of amides is 1. The number of carbonyl (C=O) groups excluding carboxylic acids is 1. The van der Waals surface area contributed by atoms with E-state index in [-0.39, 0.29) is 36.3 Å². The normalized spacial score (nSPS) is 11.8. The number of rotatable bonds is 5. The Labute approximate surface area is 125 Å². The van der Waals surface area contributed by atoms with E-state index in [9.17, 15) is 9.18 Å². The predicted octanol–water partition coefficient (Wildman–Crippen LogP) is 2.58. The monoisotopic (exact) mass is 345 g/mol. The van der Waals surface area contributed by atoms with Gasteiger partial charge in [0.2, 0.25) is 0 Å². The van der Waals surface area contributed by atoms with Gasteiger partial charge < -0.3 is 15.8 Å². The van der Waals surface area contributed by atoms with Gasteiger partial charge >= 0.3 is 0 Å². The van der Waals surface area contributed by atoms with Crippen LogP contribution in [0.5, 0.6) is 0 Å². The van der Waals surface area contributed by atoms with Crippen molar-refractivity contribution in [3.63, 3.8) is 0 Å². The minimum absolute atomic E-state index is 0.0433. The minimum Gasteiger partial charge on any atom is -0.409 e. The van der Waals surface area contributed by atoms with Crippen LogP contribution in [0.4, 0.5) is 4.39 Å². The number of oxime groups is 1. The summed E-state index contributed by atoms with van der Waals surface area (Å²) in [4.78, 5) is 14.0. The molecule has 1 aromatic rings. The van der Waals surface area contributed by atoms with Crippen LogP contribution < -0.4 is 5.73 Å². The Morgan fingerprint density at radius 2 is 2.20 bits per heavy atom. The highest BCUT2D eigenvalue weighted by Crippen LogP contribution is 2.20. The zero-order valence-electron chi connectivity index (χ0n) is 11.3.